The van der Waals surface area contributed by atoms with Crippen molar-refractivity contribution in [3.05, 3.63) is 42.3 Å². The van der Waals surface area contributed by atoms with E-state index in [4.69, 9.17) is 6.92 Å². The average molecular weight is 190 g/mol. The number of ether oxygens (including phenoxy) is 1. The van der Waals surface area contributed by atoms with Crippen LogP contribution in [0.5, 0.6) is 0 Å². The first kappa shape index (κ1) is 10.8. The van der Waals surface area contributed by atoms with Crippen LogP contribution in [-0.2, 0) is 16.0 Å². The summed E-state index contributed by atoms with van der Waals surface area (Å²) in [4.78, 5) is 11.0. The molecule has 0 aliphatic carbocycles. The molecule has 0 aliphatic rings. The first-order valence-corrected chi connectivity index (χ1v) is 4.52. The van der Waals surface area contributed by atoms with Crippen LogP contribution >= 0.6 is 0 Å². The monoisotopic (exact) mass is 190 g/mol. The molecule has 2 nitrogen and oxygen atoms in total. The van der Waals surface area contributed by atoms with Gasteiger partial charge in [-0.3, -0.25) is 4.79 Å². The zero-order valence-corrected chi connectivity index (χ0v) is 8.49. The number of methoxy groups -OCH3 is 1. The van der Waals surface area contributed by atoms with Crippen LogP contribution in [0.25, 0.3) is 0 Å². The molecule has 14 heavy (non-hydrogen) atoms. The first-order chi connectivity index (χ1) is 6.63. The summed E-state index contributed by atoms with van der Waals surface area (Å²) in [5.41, 5.74) is 2.24. The van der Waals surface area contributed by atoms with E-state index in [1.54, 1.807) is 0 Å². The average Bonchev–Trinajstić information content (AvgIpc) is 2.20. The summed E-state index contributed by atoms with van der Waals surface area (Å²) < 4.78 is 4.54. The molecule has 2 radical (unpaired) electrons. The predicted octanol–water partition coefficient (Wildman–Crippen LogP) is 2.04. The van der Waals surface area contributed by atoms with Crippen molar-refractivity contribution in [3.63, 3.8) is 0 Å². The lowest BCUT2D eigenvalue weighted by Crippen LogP contribution is -2.15. The van der Waals surface area contributed by atoms with Gasteiger partial charge in [0.15, 0.2) is 0 Å². The molecule has 2 heteroatoms. The van der Waals surface area contributed by atoms with Crippen molar-refractivity contribution in [3.8, 4) is 0 Å². The van der Waals surface area contributed by atoms with Gasteiger partial charge < -0.3 is 4.74 Å². The van der Waals surface area contributed by atoms with Crippen LogP contribution in [0, 0.1) is 19.8 Å². The highest BCUT2D eigenvalue weighted by molar-refractivity contribution is 5.73. The molecule has 1 rings (SSSR count). The van der Waals surface area contributed by atoms with Gasteiger partial charge in [-0.05, 0) is 25.8 Å². The summed E-state index contributed by atoms with van der Waals surface area (Å²) >= 11 is 0. The van der Waals surface area contributed by atoms with Crippen LogP contribution in [-0.4, -0.2) is 13.1 Å². The zero-order valence-electron chi connectivity index (χ0n) is 8.49. The first-order valence-electron chi connectivity index (χ1n) is 4.52. The number of benzene rings is 1. The predicted molar refractivity (Wildman–Crippen MR) is 54.7 cm³/mol. The van der Waals surface area contributed by atoms with E-state index in [-0.39, 0.29) is 5.97 Å². The second kappa shape index (κ2) is 4.80. The van der Waals surface area contributed by atoms with E-state index in [0.29, 0.717) is 6.42 Å². The second-order valence-corrected chi connectivity index (χ2v) is 3.32. The van der Waals surface area contributed by atoms with Crippen molar-refractivity contribution in [2.45, 2.75) is 13.3 Å². The molecule has 0 saturated carbocycles. The minimum Gasteiger partial charge on any atom is -0.469 e. The molecule has 0 saturated heterocycles. The minimum absolute atomic E-state index is 0.370. The van der Waals surface area contributed by atoms with Gasteiger partial charge >= 0.3 is 5.97 Å². The molecule has 74 valence electrons. The third kappa shape index (κ3) is 2.87. The van der Waals surface area contributed by atoms with E-state index in [0.717, 1.165) is 5.56 Å². The molecular weight excluding hydrogens is 176 g/mol. The van der Waals surface area contributed by atoms with Gasteiger partial charge in [0, 0.05) is 0 Å². The van der Waals surface area contributed by atoms with Crippen molar-refractivity contribution >= 4 is 5.97 Å². The molecule has 0 bridgehead atoms. The summed E-state index contributed by atoms with van der Waals surface area (Å²) in [6, 6.07) is 7.94. The highest BCUT2D eigenvalue weighted by atomic mass is 16.5. The van der Waals surface area contributed by atoms with Crippen LogP contribution in [0.1, 0.15) is 11.1 Å². The van der Waals surface area contributed by atoms with Gasteiger partial charge in [0.1, 0.15) is 0 Å². The Balaban J connectivity index is 2.60. The van der Waals surface area contributed by atoms with Gasteiger partial charge in [-0.25, -0.2) is 0 Å². The molecule has 1 aromatic rings. The second-order valence-electron chi connectivity index (χ2n) is 3.32. The van der Waals surface area contributed by atoms with Gasteiger partial charge in [0.05, 0.1) is 13.0 Å². The molecule has 0 spiro atoms. The van der Waals surface area contributed by atoms with Crippen molar-refractivity contribution in [2.24, 2.45) is 5.92 Å². The highest BCUT2D eigenvalue weighted by Crippen LogP contribution is 2.10. The van der Waals surface area contributed by atoms with Gasteiger partial charge in [0.25, 0.3) is 0 Å². The van der Waals surface area contributed by atoms with Gasteiger partial charge in [-0.2, -0.15) is 0 Å². The van der Waals surface area contributed by atoms with E-state index < -0.39 is 5.92 Å². The topological polar surface area (TPSA) is 26.3 Å². The number of hydrogen-bond donors (Lipinski definition) is 0. The molecule has 0 amide bonds. The molecule has 0 aliphatic heterocycles. The van der Waals surface area contributed by atoms with Crippen LogP contribution < -0.4 is 0 Å². The van der Waals surface area contributed by atoms with Crippen molar-refractivity contribution < 1.29 is 9.53 Å². The maximum atomic E-state index is 11.0. The van der Waals surface area contributed by atoms with Gasteiger partial charge in [0.2, 0.25) is 0 Å². The summed E-state index contributed by atoms with van der Waals surface area (Å²) in [5, 5.41) is 0. The van der Waals surface area contributed by atoms with Gasteiger partial charge in [-0.1, -0.05) is 29.8 Å². The van der Waals surface area contributed by atoms with Crippen molar-refractivity contribution in [2.75, 3.05) is 7.11 Å². The number of hydrogen-bond acceptors (Lipinski definition) is 2. The lowest BCUT2D eigenvalue weighted by atomic mass is 10.0. The third-order valence-electron chi connectivity index (χ3n) is 2.08. The van der Waals surface area contributed by atoms with Crippen molar-refractivity contribution in [1.29, 1.82) is 0 Å². The standard InChI is InChI=1S/C12H14O2/c1-9-4-6-11(7-5-9)8-10(2)12(13)14-3/h2,4-7,10H,8H2,1,3H3. The summed E-state index contributed by atoms with van der Waals surface area (Å²) in [6.45, 7) is 7.64. The maximum Gasteiger partial charge on any atom is 0.309 e. The van der Waals surface area contributed by atoms with Gasteiger partial charge in [-0.15, -0.1) is 0 Å². The van der Waals surface area contributed by atoms with Crippen LogP contribution in [0.15, 0.2) is 24.3 Å². The fourth-order valence-electron chi connectivity index (χ4n) is 1.21. The molecular formula is C12H14O2. The molecule has 1 atom stereocenters. The zero-order chi connectivity index (χ0) is 10.6. The fourth-order valence-corrected chi connectivity index (χ4v) is 1.21. The highest BCUT2D eigenvalue weighted by Gasteiger charge is 2.13. The largest absolute Gasteiger partial charge is 0.469 e. The maximum absolute atomic E-state index is 11.0. The van der Waals surface area contributed by atoms with Crippen LogP contribution in [0.4, 0.5) is 0 Å². The third-order valence-corrected chi connectivity index (χ3v) is 2.08. The quantitative estimate of drug-likeness (QED) is 0.682. The summed E-state index contributed by atoms with van der Waals surface area (Å²) in [6.07, 6.45) is 0.521. The fraction of sp³-hybridized carbons (Fsp3) is 0.333. The Morgan fingerprint density at radius 1 is 1.43 bits per heavy atom. The Kier molecular flexibility index (Phi) is 3.69. The van der Waals surface area contributed by atoms with E-state index in [1.165, 1.54) is 12.7 Å². The molecule has 0 aromatic heterocycles. The molecule has 0 fully saturated rings. The summed E-state index contributed by atoms with van der Waals surface area (Å²) in [7, 11) is 1.34. The number of carbonyl (C=O) groups is 1. The Morgan fingerprint density at radius 2 is 2.00 bits per heavy atom. The molecule has 0 N–H and O–H groups in total. The summed E-state index contributed by atoms with van der Waals surface area (Å²) in [5.74, 6) is -0.937. The number of carbonyl (C=O) groups excluding carboxylic acids is 1. The van der Waals surface area contributed by atoms with Crippen LogP contribution in [0.3, 0.4) is 0 Å². The van der Waals surface area contributed by atoms with Crippen molar-refractivity contribution in [1.82, 2.24) is 0 Å². The Morgan fingerprint density at radius 3 is 2.50 bits per heavy atom. The Hall–Kier alpha value is -1.31. The Bertz CT molecular complexity index is 301. The number of rotatable bonds is 3. The minimum atomic E-state index is -0.567. The molecule has 0 heterocycles. The number of esters is 1. The number of aryl methyl sites for hydroxylation is 1. The SMILES string of the molecule is [CH]C(Cc1ccc(C)cc1)C(=O)OC. The molecule has 1 unspecified atom stereocenters. The molecule has 1 aromatic carbocycles. The van der Waals surface area contributed by atoms with E-state index >= 15 is 0 Å². The Labute approximate surface area is 84.9 Å². The van der Waals surface area contributed by atoms with E-state index in [9.17, 15) is 4.79 Å². The van der Waals surface area contributed by atoms with E-state index in [2.05, 4.69) is 4.74 Å². The lowest BCUT2D eigenvalue weighted by molar-refractivity contribution is -0.143. The smallest absolute Gasteiger partial charge is 0.309 e. The van der Waals surface area contributed by atoms with E-state index in [1.807, 2.05) is 31.2 Å². The van der Waals surface area contributed by atoms with Crippen LogP contribution in [0.2, 0.25) is 0 Å². The lowest BCUT2D eigenvalue weighted by Gasteiger charge is -2.08. The normalized spacial score (nSPS) is 12.2.